The van der Waals surface area contributed by atoms with Crippen molar-refractivity contribution < 1.29 is 19.2 Å². The topological polar surface area (TPSA) is 95.6 Å². The average Bonchev–Trinajstić information content (AvgIpc) is 3.29. The molecule has 0 aliphatic carbocycles. The first-order valence-electron chi connectivity index (χ1n) is 14.1. The molecule has 0 bridgehead atoms. The van der Waals surface area contributed by atoms with Crippen LogP contribution in [0.25, 0.3) is 6.08 Å². The number of halogens is 1. The van der Waals surface area contributed by atoms with Crippen molar-refractivity contribution >= 4 is 68.8 Å². The first-order valence-corrected chi connectivity index (χ1v) is 15.7. The van der Waals surface area contributed by atoms with Gasteiger partial charge in [0.25, 0.3) is 11.8 Å². The maximum absolute atomic E-state index is 13.5. The highest BCUT2D eigenvalue weighted by Gasteiger charge is 2.40. The van der Waals surface area contributed by atoms with Crippen molar-refractivity contribution in [3.8, 4) is 0 Å². The number of carbonyl (C=O) groups is 4. The molecule has 44 heavy (non-hydrogen) atoms. The van der Waals surface area contributed by atoms with Gasteiger partial charge in [-0.2, -0.15) is 0 Å². The minimum Gasteiger partial charge on any atom is -0.321 e. The van der Waals surface area contributed by atoms with Gasteiger partial charge in [0.2, 0.25) is 11.8 Å². The minimum atomic E-state index is -0.591. The van der Waals surface area contributed by atoms with Crippen LogP contribution in [0, 0.1) is 0 Å². The van der Waals surface area contributed by atoms with Crippen LogP contribution in [0.2, 0.25) is 0 Å². The summed E-state index contributed by atoms with van der Waals surface area (Å²) in [5.41, 5.74) is 3.44. The zero-order chi connectivity index (χ0) is 31.2. The summed E-state index contributed by atoms with van der Waals surface area (Å²) >= 11 is 4.64. The fourth-order valence-electron chi connectivity index (χ4n) is 4.65. The van der Waals surface area contributed by atoms with Crippen LogP contribution in [0.5, 0.6) is 0 Å². The van der Waals surface area contributed by atoms with Crippen molar-refractivity contribution in [3.05, 3.63) is 130 Å². The molecular formula is C35H30BrN3O4S. The van der Waals surface area contributed by atoms with E-state index in [0.29, 0.717) is 22.9 Å². The standard InChI is InChI=1S/C35H30BrN3O4S/c1-22(2)24-13-11-23(12-14-24)19-30(38-33(41)25-7-4-3-5-8-25)34(42)37-27-9-6-10-29(20-27)44-31-21-32(40)39(35(31)43)28-17-15-26(36)16-18-28/h3-20,22,31H,21H2,1-2H3,(H,37,42)(H,38,41)/b30-19-. The van der Waals surface area contributed by atoms with Crippen LogP contribution < -0.4 is 15.5 Å². The molecule has 222 valence electrons. The summed E-state index contributed by atoms with van der Waals surface area (Å²) in [6, 6.07) is 30.6. The quantitative estimate of drug-likeness (QED) is 0.143. The largest absolute Gasteiger partial charge is 0.321 e. The first kappa shape index (κ1) is 31.0. The Hall–Kier alpha value is -4.47. The number of anilines is 2. The molecule has 1 fully saturated rings. The summed E-state index contributed by atoms with van der Waals surface area (Å²) in [4.78, 5) is 54.4. The summed E-state index contributed by atoms with van der Waals surface area (Å²) in [6.45, 7) is 4.21. The van der Waals surface area contributed by atoms with Crippen molar-refractivity contribution in [2.45, 2.75) is 36.3 Å². The third-order valence-corrected chi connectivity index (χ3v) is 8.71. The molecule has 1 heterocycles. The Morgan fingerprint density at radius 2 is 1.61 bits per heavy atom. The minimum absolute atomic E-state index is 0.0736. The number of benzene rings is 4. The van der Waals surface area contributed by atoms with E-state index in [1.54, 1.807) is 72.8 Å². The van der Waals surface area contributed by atoms with Gasteiger partial charge in [-0.1, -0.05) is 78.3 Å². The zero-order valence-electron chi connectivity index (χ0n) is 24.1. The van der Waals surface area contributed by atoms with Gasteiger partial charge >= 0.3 is 0 Å². The number of carbonyl (C=O) groups excluding carboxylic acids is 4. The Bertz CT molecular complexity index is 1720. The van der Waals surface area contributed by atoms with Crippen LogP contribution in [-0.2, 0) is 14.4 Å². The van der Waals surface area contributed by atoms with Gasteiger partial charge in [0.15, 0.2) is 0 Å². The maximum atomic E-state index is 13.5. The highest BCUT2D eigenvalue weighted by atomic mass is 79.9. The van der Waals surface area contributed by atoms with E-state index < -0.39 is 17.1 Å². The van der Waals surface area contributed by atoms with E-state index in [4.69, 9.17) is 0 Å². The molecule has 0 saturated carbocycles. The monoisotopic (exact) mass is 667 g/mol. The lowest BCUT2D eigenvalue weighted by Gasteiger charge is -2.15. The van der Waals surface area contributed by atoms with Crippen LogP contribution in [0.3, 0.4) is 0 Å². The van der Waals surface area contributed by atoms with E-state index in [1.807, 2.05) is 36.4 Å². The van der Waals surface area contributed by atoms with Gasteiger partial charge in [0.05, 0.1) is 10.9 Å². The zero-order valence-corrected chi connectivity index (χ0v) is 26.5. The molecule has 7 nitrogen and oxygen atoms in total. The van der Waals surface area contributed by atoms with Crippen molar-refractivity contribution in [2.75, 3.05) is 10.2 Å². The van der Waals surface area contributed by atoms with Crippen LogP contribution in [0.15, 0.2) is 118 Å². The summed E-state index contributed by atoms with van der Waals surface area (Å²) < 4.78 is 0.854. The normalized spacial score (nSPS) is 15.0. The molecule has 1 atom stereocenters. The Balaban J connectivity index is 1.33. The molecule has 9 heteroatoms. The smallest absolute Gasteiger partial charge is 0.272 e. The van der Waals surface area contributed by atoms with Gasteiger partial charge in [-0.25, -0.2) is 4.90 Å². The second-order valence-corrected chi connectivity index (χ2v) is 12.7. The molecule has 2 N–H and O–H groups in total. The number of amides is 4. The van der Waals surface area contributed by atoms with Crippen LogP contribution in [-0.4, -0.2) is 28.9 Å². The number of thioether (sulfide) groups is 1. The second-order valence-electron chi connectivity index (χ2n) is 10.5. The molecule has 5 rings (SSSR count). The molecule has 0 radical (unpaired) electrons. The van der Waals surface area contributed by atoms with Crippen molar-refractivity contribution in [1.29, 1.82) is 0 Å². The van der Waals surface area contributed by atoms with E-state index in [0.717, 1.165) is 20.5 Å². The van der Waals surface area contributed by atoms with Crippen molar-refractivity contribution in [3.63, 3.8) is 0 Å². The number of hydrogen-bond donors (Lipinski definition) is 2. The molecule has 0 aromatic heterocycles. The summed E-state index contributed by atoms with van der Waals surface area (Å²) in [7, 11) is 0. The van der Waals surface area contributed by atoms with Crippen molar-refractivity contribution in [1.82, 2.24) is 5.32 Å². The molecule has 1 aliphatic heterocycles. The lowest BCUT2D eigenvalue weighted by Crippen LogP contribution is -2.31. The average molecular weight is 669 g/mol. The van der Waals surface area contributed by atoms with Gasteiger partial charge in [-0.05, 0) is 77.7 Å². The Kier molecular flexibility index (Phi) is 9.77. The predicted octanol–water partition coefficient (Wildman–Crippen LogP) is 7.41. The fraction of sp³-hybridized carbons (Fsp3) is 0.143. The van der Waals surface area contributed by atoms with Gasteiger partial charge in [-0.15, -0.1) is 11.8 Å². The van der Waals surface area contributed by atoms with Crippen LogP contribution in [0.4, 0.5) is 11.4 Å². The van der Waals surface area contributed by atoms with Gasteiger partial charge in [0, 0.05) is 27.0 Å². The molecule has 1 aliphatic rings. The summed E-state index contributed by atoms with van der Waals surface area (Å²) in [5, 5.41) is 5.04. The number of nitrogens with zero attached hydrogens (tertiary/aromatic N) is 1. The summed E-state index contributed by atoms with van der Waals surface area (Å²) in [6.07, 6.45) is 1.71. The molecule has 4 amide bonds. The Morgan fingerprint density at radius 1 is 0.909 bits per heavy atom. The van der Waals surface area contributed by atoms with E-state index in [-0.39, 0.29) is 23.9 Å². The fourth-order valence-corrected chi connectivity index (χ4v) is 6.03. The highest BCUT2D eigenvalue weighted by molar-refractivity contribution is 9.10. The molecule has 4 aromatic carbocycles. The van der Waals surface area contributed by atoms with E-state index in [2.05, 4.69) is 40.4 Å². The lowest BCUT2D eigenvalue weighted by atomic mass is 10.0. The van der Waals surface area contributed by atoms with Gasteiger partial charge in [-0.3, -0.25) is 19.2 Å². The number of nitrogens with one attached hydrogen (secondary N) is 2. The Labute approximate surface area is 268 Å². The number of rotatable bonds is 9. The molecular weight excluding hydrogens is 638 g/mol. The Morgan fingerprint density at radius 3 is 2.30 bits per heavy atom. The molecule has 4 aromatic rings. The third-order valence-electron chi connectivity index (χ3n) is 7.00. The van der Waals surface area contributed by atoms with E-state index in [1.165, 1.54) is 16.7 Å². The third kappa shape index (κ3) is 7.53. The van der Waals surface area contributed by atoms with Crippen LogP contribution >= 0.6 is 27.7 Å². The SMILES string of the molecule is CC(C)c1ccc(/C=C(\NC(=O)c2ccccc2)C(=O)Nc2cccc(SC3CC(=O)N(c4ccc(Br)cc4)C3=O)c2)cc1. The van der Waals surface area contributed by atoms with Crippen LogP contribution in [0.1, 0.15) is 47.7 Å². The second kappa shape index (κ2) is 13.9. The number of hydrogen-bond acceptors (Lipinski definition) is 5. The molecule has 1 saturated heterocycles. The first-order chi connectivity index (χ1) is 21.2. The summed E-state index contributed by atoms with van der Waals surface area (Å²) in [5.74, 6) is -1.09. The van der Waals surface area contributed by atoms with Gasteiger partial charge in [0.1, 0.15) is 5.70 Å². The van der Waals surface area contributed by atoms with Crippen molar-refractivity contribution in [2.24, 2.45) is 0 Å². The highest BCUT2D eigenvalue weighted by Crippen LogP contribution is 2.35. The predicted molar refractivity (Wildman–Crippen MR) is 178 cm³/mol. The molecule has 1 unspecified atom stereocenters. The van der Waals surface area contributed by atoms with E-state index >= 15 is 0 Å². The lowest BCUT2D eigenvalue weighted by molar-refractivity contribution is -0.121. The molecule has 0 spiro atoms. The van der Waals surface area contributed by atoms with Gasteiger partial charge < -0.3 is 10.6 Å². The van der Waals surface area contributed by atoms with E-state index in [9.17, 15) is 19.2 Å². The maximum Gasteiger partial charge on any atom is 0.272 e. The number of imide groups is 1.